The van der Waals surface area contributed by atoms with E-state index in [0.717, 1.165) is 11.3 Å². The van der Waals surface area contributed by atoms with Crippen molar-refractivity contribution in [3.05, 3.63) is 83.9 Å². The summed E-state index contributed by atoms with van der Waals surface area (Å²) in [5.74, 6) is -0.419. The Kier molecular flexibility index (Phi) is 5.34. The Labute approximate surface area is 151 Å². The number of carbonyl (C=O) groups excluding carboxylic acids is 2. The van der Waals surface area contributed by atoms with Crippen molar-refractivity contribution in [1.29, 1.82) is 0 Å². The fourth-order valence-corrected chi connectivity index (χ4v) is 2.37. The van der Waals surface area contributed by atoms with Crippen molar-refractivity contribution in [2.75, 3.05) is 10.6 Å². The summed E-state index contributed by atoms with van der Waals surface area (Å²) in [5, 5.41) is 5.59. The molecule has 3 aromatic rings. The summed E-state index contributed by atoms with van der Waals surface area (Å²) >= 11 is 0. The van der Waals surface area contributed by atoms with E-state index >= 15 is 0 Å². The van der Waals surface area contributed by atoms with Crippen molar-refractivity contribution in [2.45, 2.75) is 13.3 Å². The van der Waals surface area contributed by atoms with Crippen LogP contribution in [0.25, 0.3) is 0 Å². The summed E-state index contributed by atoms with van der Waals surface area (Å²) < 4.78 is 0. The number of anilines is 2. The highest BCUT2D eigenvalue weighted by Crippen LogP contribution is 2.14. The molecule has 0 saturated heterocycles. The van der Waals surface area contributed by atoms with Gasteiger partial charge in [0.15, 0.2) is 0 Å². The molecule has 0 aliphatic heterocycles. The molecule has 130 valence electrons. The van der Waals surface area contributed by atoms with Gasteiger partial charge >= 0.3 is 0 Å². The first-order chi connectivity index (χ1) is 12.6. The minimum Gasteiger partial charge on any atom is -0.326 e. The predicted molar refractivity (Wildman–Crippen MR) is 99.9 cm³/mol. The van der Waals surface area contributed by atoms with Crippen LogP contribution in [0.2, 0.25) is 0 Å². The van der Waals surface area contributed by atoms with Crippen LogP contribution in [0.1, 0.15) is 21.6 Å². The molecule has 0 aliphatic carbocycles. The molecular weight excluding hydrogens is 328 g/mol. The molecule has 0 unspecified atom stereocenters. The van der Waals surface area contributed by atoms with Gasteiger partial charge in [0.05, 0.1) is 6.42 Å². The number of amides is 2. The number of aromatic nitrogens is 2. The smallest absolute Gasteiger partial charge is 0.255 e. The summed E-state index contributed by atoms with van der Waals surface area (Å²) in [6, 6.07) is 14.0. The normalized spacial score (nSPS) is 10.2. The first-order valence-electron chi connectivity index (χ1n) is 8.13. The first kappa shape index (κ1) is 17.3. The van der Waals surface area contributed by atoms with Crippen LogP contribution in [0.4, 0.5) is 11.4 Å². The Bertz CT molecular complexity index is 909. The monoisotopic (exact) mass is 346 g/mol. The van der Waals surface area contributed by atoms with Gasteiger partial charge in [0.1, 0.15) is 0 Å². The van der Waals surface area contributed by atoms with Crippen LogP contribution >= 0.6 is 0 Å². The Morgan fingerprint density at radius 1 is 0.962 bits per heavy atom. The Hall–Kier alpha value is -3.54. The maximum atomic E-state index is 12.3. The lowest BCUT2D eigenvalue weighted by Gasteiger charge is -2.08. The van der Waals surface area contributed by atoms with E-state index in [2.05, 4.69) is 20.6 Å². The molecule has 0 radical (unpaired) electrons. The summed E-state index contributed by atoms with van der Waals surface area (Å²) in [4.78, 5) is 32.6. The number of aryl methyl sites for hydroxylation is 1. The van der Waals surface area contributed by atoms with Gasteiger partial charge in [-0.3, -0.25) is 19.6 Å². The van der Waals surface area contributed by atoms with Gasteiger partial charge in [0.2, 0.25) is 5.91 Å². The van der Waals surface area contributed by atoms with Gasteiger partial charge in [0.25, 0.3) is 5.91 Å². The zero-order valence-corrected chi connectivity index (χ0v) is 14.3. The lowest BCUT2D eigenvalue weighted by Crippen LogP contribution is -2.16. The van der Waals surface area contributed by atoms with Gasteiger partial charge in [0, 0.05) is 41.2 Å². The predicted octanol–water partition coefficient (Wildman–Crippen LogP) is 3.22. The number of nitrogens with one attached hydrogen (secondary N) is 2. The second kappa shape index (κ2) is 8.02. The Morgan fingerprint density at radius 2 is 1.77 bits per heavy atom. The number of benzene rings is 1. The molecule has 6 nitrogen and oxygen atoms in total. The van der Waals surface area contributed by atoms with Gasteiger partial charge in [-0.1, -0.05) is 12.1 Å². The van der Waals surface area contributed by atoms with Crippen LogP contribution < -0.4 is 10.6 Å². The van der Waals surface area contributed by atoms with Gasteiger partial charge < -0.3 is 10.6 Å². The number of hydrogen-bond acceptors (Lipinski definition) is 4. The molecule has 0 aliphatic rings. The fraction of sp³-hybridized carbons (Fsp3) is 0.100. The Morgan fingerprint density at radius 3 is 2.50 bits per heavy atom. The molecule has 0 spiro atoms. The SMILES string of the molecule is Cc1ccc(CC(=O)Nc2cccc(C(=O)Nc3ccncc3)c2)cn1. The second-order valence-electron chi connectivity index (χ2n) is 5.80. The van der Waals surface area contributed by atoms with Crippen LogP contribution in [0, 0.1) is 6.92 Å². The quantitative estimate of drug-likeness (QED) is 0.743. The van der Waals surface area contributed by atoms with E-state index in [4.69, 9.17) is 0 Å². The zero-order chi connectivity index (χ0) is 18.4. The molecule has 0 bridgehead atoms. The summed E-state index contributed by atoms with van der Waals surface area (Å²) in [5.41, 5.74) is 3.42. The van der Waals surface area contributed by atoms with Crippen molar-refractivity contribution < 1.29 is 9.59 Å². The molecule has 0 atom stereocenters. The highest BCUT2D eigenvalue weighted by molar-refractivity contribution is 6.05. The molecular formula is C20H18N4O2. The molecule has 2 amide bonds. The van der Waals surface area contributed by atoms with Gasteiger partial charge in [-0.15, -0.1) is 0 Å². The average molecular weight is 346 g/mol. The van der Waals surface area contributed by atoms with E-state index in [9.17, 15) is 9.59 Å². The minimum atomic E-state index is -0.255. The molecule has 6 heteroatoms. The second-order valence-corrected chi connectivity index (χ2v) is 5.80. The van der Waals surface area contributed by atoms with E-state index in [1.54, 1.807) is 55.0 Å². The zero-order valence-electron chi connectivity index (χ0n) is 14.3. The lowest BCUT2D eigenvalue weighted by atomic mass is 10.1. The number of carbonyl (C=O) groups is 2. The van der Waals surface area contributed by atoms with Crippen molar-refractivity contribution in [3.8, 4) is 0 Å². The number of pyridine rings is 2. The summed E-state index contributed by atoms with van der Waals surface area (Å²) in [7, 11) is 0. The van der Waals surface area contributed by atoms with E-state index in [1.165, 1.54) is 0 Å². The van der Waals surface area contributed by atoms with Crippen LogP contribution in [-0.4, -0.2) is 21.8 Å². The van der Waals surface area contributed by atoms with E-state index < -0.39 is 0 Å². The third-order valence-corrected chi connectivity index (χ3v) is 3.68. The highest BCUT2D eigenvalue weighted by atomic mass is 16.2. The lowest BCUT2D eigenvalue weighted by molar-refractivity contribution is -0.115. The molecule has 0 fully saturated rings. The van der Waals surface area contributed by atoms with Crippen molar-refractivity contribution >= 4 is 23.2 Å². The summed E-state index contributed by atoms with van der Waals surface area (Å²) in [6.07, 6.45) is 5.12. The van der Waals surface area contributed by atoms with Crippen molar-refractivity contribution in [3.63, 3.8) is 0 Å². The van der Waals surface area contributed by atoms with E-state index in [-0.39, 0.29) is 18.2 Å². The van der Waals surface area contributed by atoms with E-state index in [0.29, 0.717) is 16.9 Å². The van der Waals surface area contributed by atoms with E-state index in [1.807, 2.05) is 19.1 Å². The van der Waals surface area contributed by atoms with Gasteiger partial charge in [-0.05, 0) is 48.9 Å². The van der Waals surface area contributed by atoms with Crippen molar-refractivity contribution in [1.82, 2.24) is 9.97 Å². The maximum absolute atomic E-state index is 12.3. The largest absolute Gasteiger partial charge is 0.326 e. The molecule has 26 heavy (non-hydrogen) atoms. The molecule has 2 heterocycles. The fourth-order valence-electron chi connectivity index (χ4n) is 2.37. The highest BCUT2D eigenvalue weighted by Gasteiger charge is 2.09. The van der Waals surface area contributed by atoms with Crippen molar-refractivity contribution in [2.24, 2.45) is 0 Å². The molecule has 2 N–H and O–H groups in total. The molecule has 1 aromatic carbocycles. The summed E-state index contributed by atoms with van der Waals surface area (Å²) in [6.45, 7) is 1.90. The molecule has 0 saturated carbocycles. The minimum absolute atomic E-state index is 0.164. The number of hydrogen-bond donors (Lipinski definition) is 2. The topological polar surface area (TPSA) is 84.0 Å². The third kappa shape index (κ3) is 4.73. The molecule has 2 aromatic heterocycles. The Balaban J connectivity index is 1.64. The first-order valence-corrected chi connectivity index (χ1v) is 8.13. The van der Waals surface area contributed by atoms with Crippen LogP contribution in [0.5, 0.6) is 0 Å². The van der Waals surface area contributed by atoms with Crippen LogP contribution in [0.15, 0.2) is 67.1 Å². The number of rotatable bonds is 5. The van der Waals surface area contributed by atoms with Gasteiger partial charge in [-0.2, -0.15) is 0 Å². The average Bonchev–Trinajstić information content (AvgIpc) is 2.64. The van der Waals surface area contributed by atoms with Gasteiger partial charge in [-0.25, -0.2) is 0 Å². The standard InChI is InChI=1S/C20H18N4O2/c1-14-5-6-15(13-22-14)11-19(25)23-18-4-2-3-16(12-18)20(26)24-17-7-9-21-10-8-17/h2-10,12-13H,11H2,1H3,(H,23,25)(H,21,24,26). The van der Waals surface area contributed by atoms with Crippen LogP contribution in [0.3, 0.4) is 0 Å². The molecule has 3 rings (SSSR count). The number of nitrogens with zero attached hydrogens (tertiary/aromatic N) is 2. The van der Waals surface area contributed by atoms with Crippen LogP contribution in [-0.2, 0) is 11.2 Å². The maximum Gasteiger partial charge on any atom is 0.255 e. The third-order valence-electron chi connectivity index (χ3n) is 3.68.